The van der Waals surface area contributed by atoms with Crippen molar-refractivity contribution in [3.05, 3.63) is 190 Å². The number of benzene rings is 5. The first-order chi connectivity index (χ1) is 46.3. The number of rotatable bonds is 15. The van der Waals surface area contributed by atoms with Gasteiger partial charge >= 0.3 is 0 Å². The van der Waals surface area contributed by atoms with Gasteiger partial charge in [0.05, 0.1) is 23.4 Å². The van der Waals surface area contributed by atoms with Crippen molar-refractivity contribution in [2.75, 3.05) is 19.7 Å². The number of hydrogen-bond acceptors (Lipinski definition) is 11. The van der Waals surface area contributed by atoms with E-state index in [-0.39, 0.29) is 92.0 Å². The first-order valence-corrected chi connectivity index (χ1v) is 36.5. The number of ether oxygens (including phenoxy) is 1. The molecular weight excluding hydrogens is 1180 g/mol. The number of phenolic OH excluding ortho intramolecular Hbond substituents is 5. The molecule has 0 unspecified atom stereocenters. The molecule has 0 amide bonds. The number of piperidine rings is 2. The van der Waals surface area contributed by atoms with Crippen LogP contribution >= 0.6 is 0 Å². The third-order valence-corrected chi connectivity index (χ3v) is 27.2. The quantitative estimate of drug-likeness (QED) is 0.0201. The van der Waals surface area contributed by atoms with Gasteiger partial charge in [-0.05, 0) is 231 Å². The van der Waals surface area contributed by atoms with Crippen molar-refractivity contribution < 1.29 is 35.4 Å². The zero-order valence-corrected chi connectivity index (χ0v) is 54.9. The summed E-state index contributed by atoms with van der Waals surface area (Å²) in [6.45, 7) is 2.63. The van der Waals surface area contributed by atoms with Crippen LogP contribution in [0.4, 0.5) is 0 Å². The highest BCUT2D eigenvalue weighted by atomic mass is 16.5. The summed E-state index contributed by atoms with van der Waals surface area (Å²) in [5.41, 5.74) is 10.7. The van der Waals surface area contributed by atoms with E-state index in [1.54, 1.807) is 18.2 Å². The van der Waals surface area contributed by atoms with Crippen LogP contribution in [0, 0.1) is 45.8 Å². The number of aromatic nitrogens is 3. The van der Waals surface area contributed by atoms with Crippen LogP contribution in [0.2, 0.25) is 0 Å². The Kier molecular flexibility index (Phi) is 15.6. The lowest BCUT2D eigenvalue weighted by atomic mass is 9.31. The van der Waals surface area contributed by atoms with E-state index in [0.29, 0.717) is 58.6 Å². The van der Waals surface area contributed by atoms with Crippen LogP contribution in [0.5, 0.6) is 28.7 Å². The van der Waals surface area contributed by atoms with E-state index in [1.807, 2.05) is 18.5 Å². The molecule has 17 rings (SSSR count). The molecule has 7 aromatic rings. The largest absolute Gasteiger partial charge is 0.507 e. The second kappa shape index (κ2) is 24.1. The first kappa shape index (κ1) is 61.5. The van der Waals surface area contributed by atoms with Crippen molar-refractivity contribution in [1.82, 2.24) is 30.9 Å². The number of phenols is 5. The van der Waals surface area contributed by atoms with Gasteiger partial charge in [0, 0.05) is 83.9 Å². The molecule has 2 bridgehead atoms. The number of aliphatic hydroxyl groups is 1. The van der Waals surface area contributed by atoms with Crippen molar-refractivity contribution >= 4 is 22.9 Å². The summed E-state index contributed by atoms with van der Waals surface area (Å²) in [7, 11) is 0. The minimum absolute atomic E-state index is 0.000373. The van der Waals surface area contributed by atoms with Crippen molar-refractivity contribution in [2.24, 2.45) is 45.8 Å². The molecule has 15 atom stereocenters. The van der Waals surface area contributed by atoms with Gasteiger partial charge < -0.3 is 61.3 Å². The molecule has 496 valence electrons. The summed E-state index contributed by atoms with van der Waals surface area (Å²) in [5, 5.41) is 82.1. The van der Waals surface area contributed by atoms with Gasteiger partial charge in [-0.25, -0.2) is 4.98 Å². The van der Waals surface area contributed by atoms with E-state index < -0.39 is 11.5 Å². The lowest BCUT2D eigenvalue weighted by molar-refractivity contribution is -0.217. The Bertz CT molecular complexity index is 4080. The summed E-state index contributed by atoms with van der Waals surface area (Å²) in [5.74, 6) is 1.00. The van der Waals surface area contributed by atoms with Crippen molar-refractivity contribution in [1.29, 1.82) is 0 Å². The number of nitrogens with one attached hydrogen (secondary N) is 5. The second-order valence-electron chi connectivity index (χ2n) is 31.6. The molecule has 0 radical (unpaired) electrons. The van der Waals surface area contributed by atoms with Crippen LogP contribution in [-0.2, 0) is 35.8 Å². The molecular formula is C82H96N6O7. The Morgan fingerprint density at radius 3 is 2.38 bits per heavy atom. The topological polar surface area (TPSA) is 211 Å². The van der Waals surface area contributed by atoms with Crippen molar-refractivity contribution in [3.63, 3.8) is 0 Å². The Morgan fingerprint density at radius 1 is 0.684 bits per heavy atom. The molecule has 5 saturated carbocycles. The number of nitrogens with zero attached hydrogens (tertiary/aromatic N) is 1. The maximum Gasteiger partial charge on any atom is 0.169 e. The number of aliphatic hydroxyl groups excluding tert-OH is 1. The van der Waals surface area contributed by atoms with Crippen LogP contribution < -0.4 is 16.0 Å². The van der Waals surface area contributed by atoms with Crippen molar-refractivity contribution in [2.45, 2.75) is 188 Å². The molecule has 5 aromatic carbocycles. The van der Waals surface area contributed by atoms with Crippen LogP contribution in [0.15, 0.2) is 140 Å². The van der Waals surface area contributed by atoms with E-state index in [0.717, 1.165) is 70.2 Å². The van der Waals surface area contributed by atoms with Gasteiger partial charge in [-0.1, -0.05) is 129 Å². The minimum Gasteiger partial charge on any atom is -0.507 e. The monoisotopic (exact) mass is 1280 g/mol. The molecule has 2 aromatic heterocycles. The summed E-state index contributed by atoms with van der Waals surface area (Å²) in [4.78, 5) is 12.6. The fraction of sp³-hybridized carbons (Fsp3) is 0.500. The molecule has 13 heteroatoms. The van der Waals surface area contributed by atoms with Crippen LogP contribution in [0.3, 0.4) is 0 Å². The average Bonchev–Trinajstić information content (AvgIpc) is 1.63. The Labute approximate surface area is 559 Å². The van der Waals surface area contributed by atoms with E-state index in [1.165, 1.54) is 135 Å². The van der Waals surface area contributed by atoms with Gasteiger partial charge in [0.25, 0.3) is 0 Å². The number of allylic oxidation sites excluding steroid dienone is 1. The smallest absolute Gasteiger partial charge is 0.169 e. The lowest BCUT2D eigenvalue weighted by Gasteiger charge is -2.75. The molecule has 10 aliphatic rings. The standard InChI is InChI=1S/C82H96N6O7/c89-68-25-19-51(39-71(68)92)18-23-60-61-13-6-14-69(90)73(61)75(94)74(93)62(60)24-17-50-15-20-55(21-16-50)65-43-78(64-41-58-12-8-32-81(58)34-33-80-31-7-11-57(80)22-26-70(91)76(80)82(81,77(64)88-65)72-48-84-49-86-72)44-66-56(40-63(67(45-78)87-66)54-9-2-1-3-10-54)47-83-35-27-53-38-59(85-46-53)37-52-28-36-95-79(42-52)29-4-5-30-79/h1-3,6,9-10,13-16,18-23,25-26,38-40,46,48-49,52,57-58,63-67,70,76-77,83,85,87-94H,4-5,7-8,11-12,17,24,27-37,41-45,47H2,(H,84,86)/b23-18+/t52-,57+,58+,63-,64-,65+,66-,67+,70-,76-,77-,78-,80-,81+,82-/m0/s1. The fourth-order valence-electron chi connectivity index (χ4n) is 23.4. The Hall–Kier alpha value is -7.13. The number of fused-ring (bicyclic) bond motifs is 7. The van der Waals surface area contributed by atoms with Gasteiger partial charge in [-0.15, -0.1) is 0 Å². The lowest BCUT2D eigenvalue weighted by Crippen LogP contribution is -2.78. The van der Waals surface area contributed by atoms with Crippen LogP contribution in [0.25, 0.3) is 22.9 Å². The number of aryl methyl sites for hydroxylation is 1. The molecule has 4 aliphatic heterocycles. The normalized spacial score (nSPS) is 34.3. The molecule has 95 heavy (non-hydrogen) atoms. The Balaban J connectivity index is 0.716. The van der Waals surface area contributed by atoms with Crippen LogP contribution in [0.1, 0.15) is 178 Å². The minimum atomic E-state index is -0.571. The number of hydrogen-bond donors (Lipinski definition) is 11. The number of imidazole rings is 1. The molecule has 8 fully saturated rings. The van der Waals surface area contributed by atoms with E-state index in [2.05, 4.69) is 112 Å². The average molecular weight is 1280 g/mol. The van der Waals surface area contributed by atoms with Crippen LogP contribution in [-0.4, -0.2) is 95.1 Å². The predicted octanol–water partition coefficient (Wildman–Crippen LogP) is 14.6. The number of aromatic amines is 2. The van der Waals surface area contributed by atoms with Gasteiger partial charge in [-0.2, -0.15) is 0 Å². The third kappa shape index (κ3) is 10.2. The SMILES string of the molecule is Oc1ccc(/C=C/c2c(CCc3ccc([C@H]4C[C@@]5(C[C@@H]6N[C@H](C5)[C@H](c5ccccc5)C=C6CNCCc5c[nH]c(C[C@@H]6CCOC7(CCCC7)C6)c5)[C@H]5C[C@H]6CCC[C@@]67CC[C@@]68CCC[C@@H]6C=C[C@H](O)[C@@H]8[C@@]7(c6cnc[nH]6)[C@H]5N4)cc3)c(O)c(O)c3c(O)cccc23)cc1O. The number of H-pyrrole nitrogens is 2. The van der Waals surface area contributed by atoms with E-state index >= 15 is 0 Å². The molecule has 6 heterocycles. The Morgan fingerprint density at radius 2 is 1.54 bits per heavy atom. The second-order valence-corrected chi connectivity index (χ2v) is 31.6. The summed E-state index contributed by atoms with van der Waals surface area (Å²) in [6.07, 6.45) is 41.1. The maximum absolute atomic E-state index is 13.3. The first-order valence-electron chi connectivity index (χ1n) is 36.5. The fourth-order valence-corrected chi connectivity index (χ4v) is 23.4. The molecule has 4 spiro atoms. The molecule has 6 aliphatic carbocycles. The van der Waals surface area contributed by atoms with E-state index in [4.69, 9.17) is 15.0 Å². The maximum atomic E-state index is 13.3. The highest BCUT2D eigenvalue weighted by molar-refractivity contribution is 6.03. The van der Waals surface area contributed by atoms with Gasteiger partial charge in [0.2, 0.25) is 0 Å². The van der Waals surface area contributed by atoms with Crippen molar-refractivity contribution in [3.8, 4) is 28.7 Å². The molecule has 11 N–H and O–H groups in total. The molecule has 3 saturated heterocycles. The van der Waals surface area contributed by atoms with Gasteiger partial charge in [0.15, 0.2) is 23.0 Å². The van der Waals surface area contributed by atoms with E-state index in [9.17, 15) is 30.6 Å². The highest BCUT2D eigenvalue weighted by Gasteiger charge is 2.78. The summed E-state index contributed by atoms with van der Waals surface area (Å²) < 4.78 is 6.42. The van der Waals surface area contributed by atoms with Gasteiger partial charge in [-0.3, -0.25) is 0 Å². The summed E-state index contributed by atoms with van der Waals surface area (Å²) in [6, 6.07) is 33.2. The number of aromatic hydroxyl groups is 5. The molecule has 13 nitrogen and oxygen atoms in total. The predicted molar refractivity (Wildman–Crippen MR) is 372 cm³/mol. The summed E-state index contributed by atoms with van der Waals surface area (Å²) >= 11 is 0. The zero-order valence-electron chi connectivity index (χ0n) is 54.9. The zero-order chi connectivity index (χ0) is 64.3. The third-order valence-electron chi connectivity index (χ3n) is 27.2. The highest BCUT2D eigenvalue weighted by Crippen LogP contribution is 2.79. The van der Waals surface area contributed by atoms with Gasteiger partial charge in [0.1, 0.15) is 5.75 Å².